The van der Waals surface area contributed by atoms with Crippen molar-refractivity contribution in [2.24, 2.45) is 0 Å². The normalized spacial score (nSPS) is 14.6. The van der Waals surface area contributed by atoms with Gasteiger partial charge in [-0.05, 0) is 37.5 Å². The van der Waals surface area contributed by atoms with Crippen LogP contribution >= 0.6 is 11.6 Å². The highest BCUT2D eigenvalue weighted by Crippen LogP contribution is 2.22. The molecule has 0 saturated carbocycles. The Balaban J connectivity index is 1.50. The van der Waals surface area contributed by atoms with Gasteiger partial charge in [-0.15, -0.1) is 0 Å². The number of carbonyl (C=O) groups excluding carboxylic acids is 1. The maximum absolute atomic E-state index is 12.3. The number of rotatable bonds is 8. The second-order valence-corrected chi connectivity index (χ2v) is 9.03. The Kier molecular flexibility index (Phi) is 7.46. The predicted molar refractivity (Wildman–Crippen MR) is 113 cm³/mol. The number of hydrogen-bond acceptors (Lipinski definition) is 5. The number of nitrogens with one attached hydrogen (secondary N) is 2. The first-order chi connectivity index (χ1) is 14.0. The van der Waals surface area contributed by atoms with Crippen LogP contribution in [0.5, 0.6) is 0 Å². The van der Waals surface area contributed by atoms with Crippen molar-refractivity contribution in [2.75, 3.05) is 24.5 Å². The molecule has 1 aromatic heterocycles. The largest absolute Gasteiger partial charge is 0.356 e. The van der Waals surface area contributed by atoms with Gasteiger partial charge in [0.15, 0.2) is 0 Å². The summed E-state index contributed by atoms with van der Waals surface area (Å²) in [4.78, 5) is 18.9. The van der Waals surface area contributed by atoms with Gasteiger partial charge in [0.2, 0.25) is 15.9 Å². The third-order valence-corrected chi connectivity index (χ3v) is 6.73. The lowest BCUT2D eigenvalue weighted by Crippen LogP contribution is -2.33. The summed E-state index contributed by atoms with van der Waals surface area (Å²) in [5.41, 5.74) is 0.958. The van der Waals surface area contributed by atoms with Crippen LogP contribution in [0, 0.1) is 0 Å². The molecule has 1 aliphatic heterocycles. The average molecular weight is 437 g/mol. The first kappa shape index (κ1) is 21.5. The van der Waals surface area contributed by atoms with Crippen molar-refractivity contribution < 1.29 is 13.2 Å². The molecule has 0 atom stereocenters. The van der Waals surface area contributed by atoms with E-state index in [9.17, 15) is 13.2 Å². The van der Waals surface area contributed by atoms with E-state index in [4.69, 9.17) is 11.6 Å². The van der Waals surface area contributed by atoms with Gasteiger partial charge < -0.3 is 10.2 Å². The predicted octanol–water partition coefficient (Wildman–Crippen LogP) is 2.71. The number of amides is 1. The van der Waals surface area contributed by atoms with Crippen molar-refractivity contribution in [2.45, 2.75) is 37.1 Å². The highest BCUT2D eigenvalue weighted by molar-refractivity contribution is 7.89. The number of benzene rings is 1. The quantitative estimate of drug-likeness (QED) is 0.663. The van der Waals surface area contributed by atoms with E-state index in [2.05, 4.69) is 19.9 Å². The molecule has 3 rings (SSSR count). The van der Waals surface area contributed by atoms with Crippen molar-refractivity contribution >= 4 is 33.3 Å². The van der Waals surface area contributed by atoms with Crippen LogP contribution in [-0.4, -0.2) is 38.9 Å². The molecule has 9 heteroatoms. The fraction of sp³-hybridized carbons (Fsp3) is 0.400. The van der Waals surface area contributed by atoms with Crippen LogP contribution in [0.2, 0.25) is 5.02 Å². The smallest absolute Gasteiger partial charge is 0.242 e. The highest BCUT2D eigenvalue weighted by atomic mass is 35.5. The van der Waals surface area contributed by atoms with E-state index in [0.29, 0.717) is 6.54 Å². The maximum Gasteiger partial charge on any atom is 0.242 e. The van der Waals surface area contributed by atoms with Gasteiger partial charge in [0.25, 0.3) is 0 Å². The second-order valence-electron chi connectivity index (χ2n) is 6.89. The Hall–Kier alpha value is -2.16. The molecule has 1 aromatic carbocycles. The van der Waals surface area contributed by atoms with E-state index in [1.165, 1.54) is 18.6 Å². The molecule has 1 fully saturated rings. The molecule has 0 spiro atoms. The fourth-order valence-corrected chi connectivity index (χ4v) is 4.83. The van der Waals surface area contributed by atoms with E-state index in [-0.39, 0.29) is 28.8 Å². The van der Waals surface area contributed by atoms with Gasteiger partial charge in [-0.1, -0.05) is 29.8 Å². The summed E-state index contributed by atoms with van der Waals surface area (Å²) in [5.74, 6) is 0.673. The number of pyridine rings is 1. The number of nitrogens with zero attached hydrogens (tertiary/aromatic N) is 2. The maximum atomic E-state index is 12.3. The lowest BCUT2D eigenvalue weighted by Gasteiger charge is -2.29. The van der Waals surface area contributed by atoms with Gasteiger partial charge in [0.05, 0.1) is 5.02 Å². The topological polar surface area (TPSA) is 91.4 Å². The summed E-state index contributed by atoms with van der Waals surface area (Å²) in [7, 11) is -3.75. The molecule has 2 aromatic rings. The minimum atomic E-state index is -3.75. The van der Waals surface area contributed by atoms with E-state index in [1.54, 1.807) is 18.3 Å². The zero-order valence-corrected chi connectivity index (χ0v) is 17.7. The van der Waals surface area contributed by atoms with Gasteiger partial charge >= 0.3 is 0 Å². The van der Waals surface area contributed by atoms with Crippen molar-refractivity contribution in [3.8, 4) is 0 Å². The zero-order valence-electron chi connectivity index (χ0n) is 16.1. The molecule has 1 aliphatic rings. The van der Waals surface area contributed by atoms with Crippen molar-refractivity contribution in [3.05, 3.63) is 53.2 Å². The van der Waals surface area contributed by atoms with E-state index >= 15 is 0 Å². The Morgan fingerprint density at radius 1 is 1.10 bits per heavy atom. The lowest BCUT2D eigenvalue weighted by molar-refractivity contribution is -0.121. The number of carbonyl (C=O) groups is 1. The number of sulfonamides is 1. The number of hydrogen-bond donors (Lipinski definition) is 2. The van der Waals surface area contributed by atoms with Crippen LogP contribution in [0.1, 0.15) is 31.2 Å². The molecule has 156 valence electrons. The fourth-order valence-electron chi connectivity index (χ4n) is 3.28. The molecule has 1 amide bonds. The molecule has 0 unspecified atom stereocenters. The highest BCUT2D eigenvalue weighted by Gasteiger charge is 2.18. The minimum Gasteiger partial charge on any atom is -0.356 e. The van der Waals surface area contributed by atoms with Crippen LogP contribution in [-0.2, 0) is 21.4 Å². The summed E-state index contributed by atoms with van der Waals surface area (Å²) >= 11 is 5.94. The summed E-state index contributed by atoms with van der Waals surface area (Å²) in [6.07, 6.45) is 5.32. The molecule has 2 heterocycles. The van der Waals surface area contributed by atoms with Crippen LogP contribution in [0.4, 0.5) is 5.82 Å². The molecule has 29 heavy (non-hydrogen) atoms. The molecule has 7 nitrogen and oxygen atoms in total. The SMILES string of the molecule is O=C(CCNS(=O)(=O)c1ccccc1Cl)NCc1cccnc1N1CCCCC1. The minimum absolute atomic E-state index is 0.00334. The molecular weight excluding hydrogens is 412 g/mol. The van der Waals surface area contributed by atoms with Gasteiger partial charge in [0.1, 0.15) is 10.7 Å². The van der Waals surface area contributed by atoms with Crippen LogP contribution < -0.4 is 14.9 Å². The van der Waals surface area contributed by atoms with Crippen LogP contribution in [0.25, 0.3) is 0 Å². The first-order valence-corrected chi connectivity index (χ1v) is 11.5. The number of piperidine rings is 1. The Bertz CT molecular complexity index is 946. The summed E-state index contributed by atoms with van der Waals surface area (Å²) < 4.78 is 27.0. The van der Waals surface area contributed by atoms with Gasteiger partial charge in [-0.3, -0.25) is 4.79 Å². The Morgan fingerprint density at radius 3 is 2.62 bits per heavy atom. The number of aromatic nitrogens is 1. The molecule has 0 aliphatic carbocycles. The average Bonchev–Trinajstić information content (AvgIpc) is 2.73. The third kappa shape index (κ3) is 5.91. The Labute approximate surface area is 176 Å². The summed E-state index contributed by atoms with van der Waals surface area (Å²) in [6.45, 7) is 2.30. The van der Waals surface area contributed by atoms with Crippen molar-refractivity contribution in [1.82, 2.24) is 15.0 Å². The van der Waals surface area contributed by atoms with Crippen LogP contribution in [0.15, 0.2) is 47.5 Å². The van der Waals surface area contributed by atoms with Gasteiger partial charge in [-0.25, -0.2) is 18.1 Å². The molecule has 1 saturated heterocycles. The van der Waals surface area contributed by atoms with Crippen molar-refractivity contribution in [3.63, 3.8) is 0 Å². The summed E-state index contributed by atoms with van der Waals surface area (Å²) in [5, 5.41) is 2.99. The molecular formula is C20H25ClN4O3S. The zero-order chi connectivity index (χ0) is 20.7. The number of anilines is 1. The second kappa shape index (κ2) is 10.0. The van der Waals surface area contributed by atoms with Crippen molar-refractivity contribution in [1.29, 1.82) is 0 Å². The molecule has 0 bridgehead atoms. The molecule has 0 radical (unpaired) electrons. The van der Waals surface area contributed by atoms with E-state index < -0.39 is 10.0 Å². The molecule has 2 N–H and O–H groups in total. The Morgan fingerprint density at radius 2 is 1.86 bits per heavy atom. The van der Waals surface area contributed by atoms with Gasteiger partial charge in [-0.2, -0.15) is 0 Å². The van der Waals surface area contributed by atoms with E-state index in [0.717, 1.165) is 37.3 Å². The number of halogens is 1. The standard InChI is InChI=1S/C20H25ClN4O3S/c21-17-8-2-3-9-18(17)29(27,28)24-12-10-19(26)23-15-16-7-6-11-22-20(16)25-13-4-1-5-14-25/h2-3,6-9,11,24H,1,4-5,10,12-15H2,(H,23,26). The van der Waals surface area contributed by atoms with E-state index in [1.807, 2.05) is 12.1 Å². The third-order valence-electron chi connectivity index (χ3n) is 4.77. The van der Waals surface area contributed by atoms with Crippen LogP contribution in [0.3, 0.4) is 0 Å². The summed E-state index contributed by atoms with van der Waals surface area (Å²) in [6, 6.07) is 10.0. The van der Waals surface area contributed by atoms with Gasteiger partial charge in [0, 0.05) is 44.4 Å². The lowest BCUT2D eigenvalue weighted by atomic mass is 10.1. The monoisotopic (exact) mass is 436 g/mol. The first-order valence-electron chi connectivity index (χ1n) is 9.67.